The van der Waals surface area contributed by atoms with Crippen LogP contribution in [-0.2, 0) is 0 Å². The van der Waals surface area contributed by atoms with Crippen molar-refractivity contribution in [2.75, 3.05) is 26.7 Å². The molecule has 3 nitrogen and oxygen atoms in total. The summed E-state index contributed by atoms with van der Waals surface area (Å²) in [6.07, 6.45) is 4.29. The van der Waals surface area contributed by atoms with Gasteiger partial charge in [0, 0.05) is 6.04 Å². The third kappa shape index (κ3) is 4.63. The number of nitriles is 1. The second kappa shape index (κ2) is 6.81. The smallest absolute Gasteiger partial charge is 0.0638 e. The Balaban J connectivity index is 2.16. The molecule has 0 spiro atoms. The van der Waals surface area contributed by atoms with E-state index in [1.807, 2.05) is 0 Å². The van der Waals surface area contributed by atoms with Crippen molar-refractivity contribution in [1.82, 2.24) is 10.2 Å². The van der Waals surface area contributed by atoms with Crippen molar-refractivity contribution in [2.24, 2.45) is 5.92 Å². The minimum absolute atomic E-state index is 0.398. The summed E-state index contributed by atoms with van der Waals surface area (Å²) in [6.45, 7) is 5.68. The summed E-state index contributed by atoms with van der Waals surface area (Å²) in [5.41, 5.74) is 0. The van der Waals surface area contributed by atoms with Gasteiger partial charge in [-0.15, -0.1) is 0 Å². The van der Waals surface area contributed by atoms with Crippen molar-refractivity contribution in [3.05, 3.63) is 0 Å². The van der Waals surface area contributed by atoms with E-state index >= 15 is 0 Å². The molecule has 1 heterocycles. The number of hydrogen-bond acceptors (Lipinski definition) is 3. The molecular weight excluding hydrogens is 186 g/mol. The third-order valence-corrected chi connectivity index (χ3v) is 3.36. The van der Waals surface area contributed by atoms with Crippen LogP contribution in [-0.4, -0.2) is 37.6 Å². The number of nitrogens with zero attached hydrogens (tertiary/aromatic N) is 2. The number of hydrogen-bond donors (Lipinski definition) is 1. The van der Waals surface area contributed by atoms with Crippen LogP contribution in [0.4, 0.5) is 0 Å². The third-order valence-electron chi connectivity index (χ3n) is 3.36. The van der Waals surface area contributed by atoms with Gasteiger partial charge in [0.15, 0.2) is 0 Å². The van der Waals surface area contributed by atoms with Crippen LogP contribution in [0.5, 0.6) is 0 Å². The highest BCUT2D eigenvalue weighted by Crippen LogP contribution is 2.15. The lowest BCUT2D eigenvalue weighted by Crippen LogP contribution is -2.38. The lowest BCUT2D eigenvalue weighted by atomic mass is 9.96. The van der Waals surface area contributed by atoms with Gasteiger partial charge in [-0.1, -0.05) is 6.92 Å². The fraction of sp³-hybridized carbons (Fsp3) is 0.917. The maximum Gasteiger partial charge on any atom is 0.0638 e. The van der Waals surface area contributed by atoms with E-state index in [2.05, 4.69) is 30.3 Å². The number of nitrogens with one attached hydrogen (secondary N) is 1. The highest BCUT2D eigenvalue weighted by molar-refractivity contribution is 4.81. The summed E-state index contributed by atoms with van der Waals surface area (Å²) in [5, 5.41) is 12.2. The molecule has 1 aliphatic rings. The van der Waals surface area contributed by atoms with Crippen LogP contribution in [0, 0.1) is 17.2 Å². The standard InChI is InChI=1S/C12H23N3/c1-3-12(4-7-13)14-10-11-5-8-15(2)9-6-11/h11-12,14H,3-6,8-10H2,1-2H3. The summed E-state index contributed by atoms with van der Waals surface area (Å²) in [4.78, 5) is 2.39. The van der Waals surface area contributed by atoms with Gasteiger partial charge in [0.2, 0.25) is 0 Å². The molecule has 1 atom stereocenters. The molecule has 1 fully saturated rings. The van der Waals surface area contributed by atoms with Gasteiger partial charge in [-0.25, -0.2) is 0 Å². The molecule has 3 heteroatoms. The molecule has 1 saturated heterocycles. The van der Waals surface area contributed by atoms with E-state index in [4.69, 9.17) is 5.26 Å². The zero-order valence-corrected chi connectivity index (χ0v) is 10.00. The molecule has 0 amide bonds. The molecule has 0 aliphatic carbocycles. The zero-order chi connectivity index (χ0) is 11.1. The van der Waals surface area contributed by atoms with E-state index in [0.29, 0.717) is 12.5 Å². The van der Waals surface area contributed by atoms with Crippen LogP contribution in [0.3, 0.4) is 0 Å². The Bertz CT molecular complexity index is 201. The molecule has 15 heavy (non-hydrogen) atoms. The van der Waals surface area contributed by atoms with Crippen molar-refractivity contribution in [2.45, 2.75) is 38.6 Å². The Hall–Kier alpha value is -0.590. The summed E-state index contributed by atoms with van der Waals surface area (Å²) in [5.74, 6) is 0.814. The van der Waals surface area contributed by atoms with E-state index in [-0.39, 0.29) is 0 Å². The molecule has 0 radical (unpaired) electrons. The van der Waals surface area contributed by atoms with Crippen LogP contribution < -0.4 is 5.32 Å². The van der Waals surface area contributed by atoms with E-state index in [0.717, 1.165) is 18.9 Å². The summed E-state index contributed by atoms with van der Waals surface area (Å²) >= 11 is 0. The minimum atomic E-state index is 0.398. The monoisotopic (exact) mass is 209 g/mol. The molecule has 1 rings (SSSR count). The molecule has 0 aromatic carbocycles. The lowest BCUT2D eigenvalue weighted by Gasteiger charge is -2.30. The van der Waals surface area contributed by atoms with Gasteiger partial charge < -0.3 is 10.2 Å². The Morgan fingerprint density at radius 2 is 2.13 bits per heavy atom. The predicted molar refractivity (Wildman–Crippen MR) is 62.5 cm³/mol. The van der Waals surface area contributed by atoms with Crippen LogP contribution in [0.1, 0.15) is 32.6 Å². The fourth-order valence-electron chi connectivity index (χ4n) is 2.07. The number of rotatable bonds is 5. The molecule has 1 N–H and O–H groups in total. The molecule has 0 saturated carbocycles. The summed E-state index contributed by atoms with van der Waals surface area (Å²) in [6, 6.07) is 2.64. The van der Waals surface area contributed by atoms with Crippen molar-refractivity contribution < 1.29 is 0 Å². The average Bonchev–Trinajstić information content (AvgIpc) is 2.26. The van der Waals surface area contributed by atoms with Crippen molar-refractivity contribution in [3.8, 4) is 6.07 Å². The van der Waals surface area contributed by atoms with Crippen molar-refractivity contribution in [3.63, 3.8) is 0 Å². The summed E-state index contributed by atoms with van der Waals surface area (Å²) < 4.78 is 0. The first-order valence-electron chi connectivity index (χ1n) is 6.05. The number of likely N-dealkylation sites (tertiary alicyclic amines) is 1. The SMILES string of the molecule is CCC(CC#N)NCC1CCN(C)CC1. The van der Waals surface area contributed by atoms with Crippen LogP contribution in [0.2, 0.25) is 0 Å². The molecule has 1 unspecified atom stereocenters. The van der Waals surface area contributed by atoms with Crippen LogP contribution in [0.15, 0.2) is 0 Å². The van der Waals surface area contributed by atoms with Crippen molar-refractivity contribution >= 4 is 0 Å². The van der Waals surface area contributed by atoms with Gasteiger partial charge in [-0.2, -0.15) is 5.26 Å². The second-order valence-electron chi connectivity index (χ2n) is 4.62. The van der Waals surface area contributed by atoms with Gasteiger partial charge in [0.25, 0.3) is 0 Å². The molecule has 1 aliphatic heterocycles. The Labute approximate surface area is 93.5 Å². The lowest BCUT2D eigenvalue weighted by molar-refractivity contribution is 0.212. The minimum Gasteiger partial charge on any atom is -0.313 e. The first-order chi connectivity index (χ1) is 7.26. The predicted octanol–water partition coefficient (Wildman–Crippen LogP) is 1.61. The number of piperidine rings is 1. The maximum absolute atomic E-state index is 8.64. The Kier molecular flexibility index (Phi) is 5.67. The largest absolute Gasteiger partial charge is 0.313 e. The highest BCUT2D eigenvalue weighted by Gasteiger charge is 2.17. The molecule has 86 valence electrons. The quantitative estimate of drug-likeness (QED) is 0.747. The van der Waals surface area contributed by atoms with Gasteiger partial charge in [0.05, 0.1) is 12.5 Å². The normalized spacial score (nSPS) is 21.1. The van der Waals surface area contributed by atoms with E-state index < -0.39 is 0 Å². The van der Waals surface area contributed by atoms with Crippen molar-refractivity contribution in [1.29, 1.82) is 5.26 Å². The highest BCUT2D eigenvalue weighted by atomic mass is 15.1. The molecule has 0 aromatic rings. The Morgan fingerprint density at radius 3 is 2.67 bits per heavy atom. The van der Waals surface area contributed by atoms with Crippen LogP contribution >= 0.6 is 0 Å². The van der Waals surface area contributed by atoms with Gasteiger partial charge in [-0.3, -0.25) is 0 Å². The van der Waals surface area contributed by atoms with Crippen LogP contribution in [0.25, 0.3) is 0 Å². The van der Waals surface area contributed by atoms with E-state index in [1.165, 1.54) is 25.9 Å². The first kappa shape index (κ1) is 12.5. The molecule has 0 bridgehead atoms. The molecular formula is C12H23N3. The fourth-order valence-corrected chi connectivity index (χ4v) is 2.07. The topological polar surface area (TPSA) is 39.1 Å². The average molecular weight is 209 g/mol. The van der Waals surface area contributed by atoms with Gasteiger partial charge >= 0.3 is 0 Å². The van der Waals surface area contributed by atoms with E-state index in [9.17, 15) is 0 Å². The first-order valence-corrected chi connectivity index (χ1v) is 6.05. The summed E-state index contributed by atoms with van der Waals surface area (Å²) in [7, 11) is 2.19. The maximum atomic E-state index is 8.64. The van der Waals surface area contributed by atoms with Gasteiger partial charge in [-0.05, 0) is 51.9 Å². The molecule has 0 aromatic heterocycles. The van der Waals surface area contributed by atoms with E-state index in [1.54, 1.807) is 0 Å². The Morgan fingerprint density at radius 1 is 1.47 bits per heavy atom. The van der Waals surface area contributed by atoms with Gasteiger partial charge in [0.1, 0.15) is 0 Å². The zero-order valence-electron chi connectivity index (χ0n) is 10.00. The second-order valence-corrected chi connectivity index (χ2v) is 4.62.